The molecule has 0 spiro atoms. The maximum absolute atomic E-state index is 13.4. The smallest absolute Gasteiger partial charge is 0.337 e. The van der Waals surface area contributed by atoms with Crippen LogP contribution in [-0.2, 0) is 19.1 Å². The molecule has 2 aromatic carbocycles. The van der Waals surface area contributed by atoms with Crippen molar-refractivity contribution in [1.82, 2.24) is 5.32 Å². The van der Waals surface area contributed by atoms with Gasteiger partial charge in [-0.25, -0.2) is 9.59 Å². The van der Waals surface area contributed by atoms with E-state index in [-0.39, 0.29) is 28.8 Å². The van der Waals surface area contributed by atoms with E-state index >= 15 is 0 Å². The van der Waals surface area contributed by atoms with Gasteiger partial charge in [0, 0.05) is 28.1 Å². The Morgan fingerprint density at radius 1 is 1.00 bits per heavy atom. The van der Waals surface area contributed by atoms with Crippen molar-refractivity contribution in [3.63, 3.8) is 0 Å². The molecular formula is C29H25NO6. The zero-order valence-corrected chi connectivity index (χ0v) is 20.4. The molecule has 1 atom stereocenters. The van der Waals surface area contributed by atoms with Crippen LogP contribution >= 0.6 is 0 Å². The van der Waals surface area contributed by atoms with Crippen molar-refractivity contribution in [3.8, 4) is 23.7 Å². The van der Waals surface area contributed by atoms with Crippen molar-refractivity contribution < 1.29 is 23.5 Å². The SMILES string of the molecule is C#CCOC(=O)C1=C(C)NC(C)=C(C(=O)OC)C1c1cccc2c(=O)c(C)c(-c3ccccc3)oc12. The van der Waals surface area contributed by atoms with Gasteiger partial charge in [0.05, 0.1) is 29.6 Å². The molecule has 182 valence electrons. The minimum atomic E-state index is -0.929. The number of fused-ring (bicyclic) bond motifs is 1. The minimum Gasteiger partial charge on any atom is -0.466 e. The van der Waals surface area contributed by atoms with Crippen molar-refractivity contribution in [2.45, 2.75) is 26.7 Å². The van der Waals surface area contributed by atoms with Crippen LogP contribution < -0.4 is 10.7 Å². The average molecular weight is 484 g/mol. The van der Waals surface area contributed by atoms with Crippen LogP contribution in [0.15, 0.2) is 80.3 Å². The number of ether oxygens (including phenoxy) is 2. The van der Waals surface area contributed by atoms with Gasteiger partial charge in [-0.15, -0.1) is 6.42 Å². The highest BCUT2D eigenvalue weighted by Crippen LogP contribution is 2.42. The lowest BCUT2D eigenvalue weighted by Gasteiger charge is -2.30. The number of hydrogen-bond acceptors (Lipinski definition) is 7. The third-order valence-electron chi connectivity index (χ3n) is 6.19. The van der Waals surface area contributed by atoms with Crippen LogP contribution in [-0.4, -0.2) is 25.7 Å². The van der Waals surface area contributed by atoms with Crippen molar-refractivity contribution in [2.75, 3.05) is 13.7 Å². The largest absolute Gasteiger partial charge is 0.466 e. The number of para-hydroxylation sites is 1. The molecule has 0 amide bonds. The summed E-state index contributed by atoms with van der Waals surface area (Å²) < 4.78 is 16.7. The van der Waals surface area contributed by atoms with E-state index in [0.717, 1.165) is 5.56 Å². The average Bonchev–Trinajstić information content (AvgIpc) is 2.88. The molecule has 7 heteroatoms. The summed E-state index contributed by atoms with van der Waals surface area (Å²) >= 11 is 0. The molecule has 0 aliphatic carbocycles. The molecule has 7 nitrogen and oxygen atoms in total. The van der Waals surface area contributed by atoms with Crippen molar-refractivity contribution in [2.24, 2.45) is 0 Å². The van der Waals surface area contributed by atoms with Gasteiger partial charge >= 0.3 is 11.9 Å². The van der Waals surface area contributed by atoms with Gasteiger partial charge in [-0.1, -0.05) is 48.4 Å². The number of nitrogens with one attached hydrogen (secondary N) is 1. The first-order chi connectivity index (χ1) is 17.3. The van der Waals surface area contributed by atoms with Crippen LogP contribution in [0.2, 0.25) is 0 Å². The number of dihydropyridines is 1. The zero-order chi connectivity index (χ0) is 26.0. The van der Waals surface area contributed by atoms with E-state index in [1.54, 1.807) is 39.0 Å². The predicted molar refractivity (Wildman–Crippen MR) is 136 cm³/mol. The summed E-state index contributed by atoms with van der Waals surface area (Å²) in [6, 6.07) is 14.4. The first-order valence-electron chi connectivity index (χ1n) is 11.3. The maximum Gasteiger partial charge on any atom is 0.337 e. The monoisotopic (exact) mass is 483 g/mol. The highest BCUT2D eigenvalue weighted by Gasteiger charge is 2.39. The van der Waals surface area contributed by atoms with Crippen LogP contribution in [0.5, 0.6) is 0 Å². The number of carbonyl (C=O) groups excluding carboxylic acids is 2. The summed E-state index contributed by atoms with van der Waals surface area (Å²) in [6.45, 7) is 4.90. The molecule has 1 N–H and O–H groups in total. The fourth-order valence-electron chi connectivity index (χ4n) is 4.56. The van der Waals surface area contributed by atoms with E-state index in [1.165, 1.54) is 7.11 Å². The molecule has 1 aliphatic rings. The van der Waals surface area contributed by atoms with E-state index in [9.17, 15) is 14.4 Å². The zero-order valence-electron chi connectivity index (χ0n) is 20.4. The Kier molecular flexibility index (Phi) is 6.80. The third kappa shape index (κ3) is 4.18. The van der Waals surface area contributed by atoms with Gasteiger partial charge < -0.3 is 19.2 Å². The van der Waals surface area contributed by atoms with E-state index < -0.39 is 17.9 Å². The predicted octanol–water partition coefficient (Wildman–Crippen LogP) is 4.35. The summed E-state index contributed by atoms with van der Waals surface area (Å²) in [5.74, 6) is 0.443. The van der Waals surface area contributed by atoms with Crippen LogP contribution in [0.1, 0.15) is 30.9 Å². The van der Waals surface area contributed by atoms with Crippen LogP contribution in [0, 0.1) is 19.3 Å². The molecule has 1 aliphatic heterocycles. The van der Waals surface area contributed by atoms with E-state index in [0.29, 0.717) is 33.7 Å². The van der Waals surface area contributed by atoms with E-state index in [2.05, 4.69) is 11.2 Å². The van der Waals surface area contributed by atoms with Gasteiger partial charge in [-0.2, -0.15) is 0 Å². The van der Waals surface area contributed by atoms with E-state index in [4.69, 9.17) is 20.3 Å². The Morgan fingerprint density at radius 3 is 2.31 bits per heavy atom. The van der Waals surface area contributed by atoms with Crippen LogP contribution in [0.25, 0.3) is 22.3 Å². The number of hydrogen-bond donors (Lipinski definition) is 1. The van der Waals surface area contributed by atoms with Crippen LogP contribution in [0.4, 0.5) is 0 Å². The Morgan fingerprint density at radius 2 is 1.67 bits per heavy atom. The molecule has 0 radical (unpaired) electrons. The number of methoxy groups -OCH3 is 1. The van der Waals surface area contributed by atoms with Crippen LogP contribution in [0.3, 0.4) is 0 Å². The molecule has 0 fully saturated rings. The maximum atomic E-state index is 13.4. The molecule has 2 heterocycles. The van der Waals surface area contributed by atoms with Gasteiger partial charge in [0.2, 0.25) is 0 Å². The standard InChI is InChI=1S/C29H25NO6/c1-6-15-35-29(33)23-18(4)30-17(3)22(28(32)34-5)24(23)20-13-10-14-21-25(31)16(2)26(36-27(20)21)19-11-8-7-9-12-19/h1,7-14,24,30H,15H2,2-5H3. The summed E-state index contributed by atoms with van der Waals surface area (Å²) in [4.78, 5) is 39.6. The lowest BCUT2D eigenvalue weighted by molar-refractivity contribution is -0.138. The highest BCUT2D eigenvalue weighted by atomic mass is 16.5. The van der Waals surface area contributed by atoms with Crippen molar-refractivity contribution >= 4 is 22.9 Å². The lowest BCUT2D eigenvalue weighted by Crippen LogP contribution is -2.32. The van der Waals surface area contributed by atoms with Crippen molar-refractivity contribution in [3.05, 3.63) is 92.4 Å². The molecule has 1 unspecified atom stereocenters. The summed E-state index contributed by atoms with van der Waals surface area (Å²) in [5, 5.41) is 3.40. The van der Waals surface area contributed by atoms with E-state index in [1.807, 2.05) is 30.3 Å². The minimum absolute atomic E-state index is 0.174. The number of benzene rings is 2. The quantitative estimate of drug-likeness (QED) is 0.426. The fourth-order valence-corrected chi connectivity index (χ4v) is 4.56. The Balaban J connectivity index is 2.06. The molecule has 1 aromatic heterocycles. The third-order valence-corrected chi connectivity index (χ3v) is 6.19. The topological polar surface area (TPSA) is 94.8 Å². The Hall–Kier alpha value is -4.57. The number of rotatable bonds is 5. The summed E-state index contributed by atoms with van der Waals surface area (Å²) in [5.41, 5.74) is 3.07. The van der Waals surface area contributed by atoms with Gasteiger partial charge in [0.25, 0.3) is 0 Å². The lowest BCUT2D eigenvalue weighted by atomic mass is 9.79. The first kappa shape index (κ1) is 24.6. The molecule has 3 aromatic rings. The number of esters is 2. The second-order valence-electron chi connectivity index (χ2n) is 8.38. The number of allylic oxidation sites excluding steroid dienone is 2. The van der Waals surface area contributed by atoms with Gasteiger partial charge in [-0.3, -0.25) is 4.79 Å². The molecular weight excluding hydrogens is 458 g/mol. The number of terminal acetylenes is 1. The molecule has 0 saturated carbocycles. The van der Waals surface area contributed by atoms with Gasteiger partial charge in [-0.05, 0) is 26.8 Å². The normalized spacial score (nSPS) is 15.4. The van der Waals surface area contributed by atoms with Gasteiger partial charge in [0.1, 0.15) is 11.3 Å². The summed E-state index contributed by atoms with van der Waals surface area (Å²) in [6.07, 6.45) is 5.29. The second-order valence-corrected chi connectivity index (χ2v) is 8.38. The second kappa shape index (κ2) is 9.96. The van der Waals surface area contributed by atoms with Crippen molar-refractivity contribution in [1.29, 1.82) is 0 Å². The fraction of sp³-hybridized carbons (Fsp3) is 0.207. The molecule has 36 heavy (non-hydrogen) atoms. The molecule has 0 saturated heterocycles. The highest BCUT2D eigenvalue weighted by molar-refractivity contribution is 6.01. The first-order valence-corrected chi connectivity index (χ1v) is 11.3. The Bertz CT molecular complexity index is 1540. The van der Waals surface area contributed by atoms with Gasteiger partial charge in [0.15, 0.2) is 12.0 Å². The Labute approximate surface area is 208 Å². The number of carbonyl (C=O) groups is 2. The summed E-state index contributed by atoms with van der Waals surface area (Å²) in [7, 11) is 1.27. The molecule has 4 rings (SSSR count). The molecule has 0 bridgehead atoms.